The quantitative estimate of drug-likeness (QED) is 0.125. The number of carboxylic acids is 1. The Kier molecular flexibility index (Phi) is 12.5. The van der Waals surface area contributed by atoms with Crippen LogP contribution in [0.4, 0.5) is 19.8 Å². The topological polar surface area (TPSA) is 150 Å². The molecule has 2 amide bonds. The molecular formula is C30H45FN4O8Si. The van der Waals surface area contributed by atoms with E-state index >= 15 is 4.39 Å². The van der Waals surface area contributed by atoms with Crippen molar-refractivity contribution in [2.75, 3.05) is 25.1 Å². The van der Waals surface area contributed by atoms with E-state index in [4.69, 9.17) is 18.6 Å². The number of aliphatic carboxylic acids is 1. The smallest absolute Gasteiger partial charge is 0.413 e. The summed E-state index contributed by atoms with van der Waals surface area (Å²) in [6.07, 6.45) is 0.864. The first-order chi connectivity index (χ1) is 20.3. The maximum atomic E-state index is 15.4. The molecule has 12 nitrogen and oxygen atoms in total. The third-order valence-corrected chi connectivity index (χ3v) is 11.2. The highest BCUT2D eigenvalue weighted by Crippen LogP contribution is 2.37. The second kappa shape index (κ2) is 15.2. The van der Waals surface area contributed by atoms with Crippen molar-refractivity contribution in [2.24, 2.45) is 0 Å². The molecule has 44 heavy (non-hydrogen) atoms. The Bertz CT molecular complexity index is 1320. The number of carboxylic acid groups (broad SMARTS) is 1. The van der Waals surface area contributed by atoms with Crippen LogP contribution in [0.15, 0.2) is 37.1 Å². The predicted molar refractivity (Wildman–Crippen MR) is 167 cm³/mol. The van der Waals surface area contributed by atoms with Crippen LogP contribution in [-0.2, 0) is 25.2 Å². The number of carbonyl (C=O) groups is 3. The number of carbonyl (C=O) groups excluding carboxylic acids is 2. The largest absolute Gasteiger partial charge is 0.490 e. The maximum absolute atomic E-state index is 15.4. The average Bonchev–Trinajstić information content (AvgIpc) is 3.27. The van der Waals surface area contributed by atoms with Gasteiger partial charge in [-0.05, 0) is 57.5 Å². The summed E-state index contributed by atoms with van der Waals surface area (Å²) in [5, 5.41) is 19.0. The van der Waals surface area contributed by atoms with Gasteiger partial charge in [-0.2, -0.15) is 5.10 Å². The number of ether oxygens (including phenoxy) is 3. The van der Waals surface area contributed by atoms with Gasteiger partial charge in [-0.3, -0.25) is 10.00 Å². The third kappa shape index (κ3) is 11.3. The Morgan fingerprint density at radius 1 is 1.14 bits per heavy atom. The lowest BCUT2D eigenvalue weighted by Gasteiger charge is -2.38. The number of nitrogens with zero attached hydrogens (tertiary/aromatic N) is 2. The first kappa shape index (κ1) is 36.3. The first-order valence-corrected chi connectivity index (χ1v) is 17.2. The van der Waals surface area contributed by atoms with Crippen LogP contribution in [0.3, 0.4) is 0 Å². The molecule has 1 heterocycles. The van der Waals surface area contributed by atoms with Gasteiger partial charge in [0.1, 0.15) is 30.4 Å². The predicted octanol–water partition coefficient (Wildman–Crippen LogP) is 6.19. The summed E-state index contributed by atoms with van der Waals surface area (Å²) in [5.41, 5.74) is -0.237. The van der Waals surface area contributed by atoms with Crippen LogP contribution in [0, 0.1) is 5.82 Å². The summed E-state index contributed by atoms with van der Waals surface area (Å²) in [6.45, 7) is 19.0. The summed E-state index contributed by atoms with van der Waals surface area (Å²) < 4.78 is 38.8. The monoisotopic (exact) mass is 636 g/mol. The number of nitrogens with one attached hydrogen (secondary N) is 2. The molecular weight excluding hydrogens is 591 g/mol. The third-order valence-electron chi connectivity index (χ3n) is 6.70. The van der Waals surface area contributed by atoms with E-state index in [1.165, 1.54) is 22.9 Å². The molecule has 1 atom stereocenters. The molecule has 0 aliphatic heterocycles. The van der Waals surface area contributed by atoms with E-state index in [0.717, 1.165) is 6.07 Å². The summed E-state index contributed by atoms with van der Waals surface area (Å²) in [7, 11) is -2.41. The highest BCUT2D eigenvalue weighted by molar-refractivity contribution is 6.74. The number of aryl methyl sites for hydroxylation is 1. The zero-order valence-electron chi connectivity index (χ0n) is 26.8. The van der Waals surface area contributed by atoms with Gasteiger partial charge in [-0.1, -0.05) is 33.4 Å². The summed E-state index contributed by atoms with van der Waals surface area (Å²) in [5.74, 6) is -1.69. The first-order valence-electron chi connectivity index (χ1n) is 14.3. The average molecular weight is 637 g/mol. The standard InChI is InChI=1S/C30H45FN4O8Si/c1-10-16-40-28(39)33-25-22(18-35(34-25)15-11-14-32-27(38)42-29(2,3)4)21-13-12-20(17-23(21)31)41-19-24(26(36)37)43-44(8,9)30(5,6)7/h10,12-13,17-18,24H,1,11,14-16,19H2,2-9H3,(H,32,38)(H,36,37)(H,33,34,39). The fourth-order valence-electron chi connectivity index (χ4n) is 3.50. The van der Waals surface area contributed by atoms with Gasteiger partial charge in [0, 0.05) is 36.5 Å². The number of hydrogen-bond donors (Lipinski definition) is 3. The van der Waals surface area contributed by atoms with Crippen LogP contribution in [0.1, 0.15) is 48.0 Å². The van der Waals surface area contributed by atoms with Gasteiger partial charge < -0.3 is 29.1 Å². The minimum Gasteiger partial charge on any atom is -0.490 e. The van der Waals surface area contributed by atoms with Crippen molar-refractivity contribution in [3.63, 3.8) is 0 Å². The van der Waals surface area contributed by atoms with Crippen molar-refractivity contribution < 1.29 is 42.5 Å². The number of alkyl carbamates (subject to hydrolysis) is 1. The van der Waals surface area contributed by atoms with Gasteiger partial charge >= 0.3 is 18.2 Å². The van der Waals surface area contributed by atoms with Crippen molar-refractivity contribution >= 4 is 32.3 Å². The summed E-state index contributed by atoms with van der Waals surface area (Å²) in [6, 6.07) is 4.06. The van der Waals surface area contributed by atoms with Crippen LogP contribution in [0.5, 0.6) is 5.75 Å². The minimum atomic E-state index is -2.41. The van der Waals surface area contributed by atoms with Crippen LogP contribution in [-0.4, -0.2) is 72.8 Å². The highest BCUT2D eigenvalue weighted by Gasteiger charge is 2.41. The minimum absolute atomic E-state index is 0.0327. The molecule has 0 fully saturated rings. The van der Waals surface area contributed by atoms with E-state index in [9.17, 15) is 19.5 Å². The molecule has 1 unspecified atom stereocenters. The molecule has 0 radical (unpaired) electrons. The van der Waals surface area contributed by atoms with Crippen molar-refractivity contribution in [1.82, 2.24) is 15.1 Å². The zero-order chi connectivity index (χ0) is 33.3. The lowest BCUT2D eigenvalue weighted by Crippen LogP contribution is -2.47. The Balaban J connectivity index is 2.21. The van der Waals surface area contributed by atoms with E-state index in [1.807, 2.05) is 33.9 Å². The van der Waals surface area contributed by atoms with Crippen molar-refractivity contribution in [3.05, 3.63) is 42.9 Å². The van der Waals surface area contributed by atoms with E-state index in [0.29, 0.717) is 19.5 Å². The molecule has 2 aromatic rings. The number of benzene rings is 1. The number of aromatic nitrogens is 2. The number of halogens is 1. The molecule has 2 rings (SSSR count). The number of anilines is 1. The molecule has 0 saturated carbocycles. The lowest BCUT2D eigenvalue weighted by atomic mass is 10.1. The molecule has 1 aromatic heterocycles. The normalized spacial score (nSPS) is 12.7. The van der Waals surface area contributed by atoms with E-state index in [1.54, 1.807) is 27.0 Å². The second-order valence-corrected chi connectivity index (χ2v) is 17.4. The molecule has 1 aromatic carbocycles. The number of amides is 2. The van der Waals surface area contributed by atoms with Gasteiger partial charge in [-0.15, -0.1) is 0 Å². The molecule has 0 aliphatic rings. The second-order valence-electron chi connectivity index (χ2n) is 12.6. The number of rotatable bonds is 14. The van der Waals surface area contributed by atoms with Crippen molar-refractivity contribution in [1.29, 1.82) is 0 Å². The Morgan fingerprint density at radius 3 is 2.39 bits per heavy atom. The molecule has 0 saturated heterocycles. The van der Waals surface area contributed by atoms with Gasteiger partial charge in [0.15, 0.2) is 20.2 Å². The summed E-state index contributed by atoms with van der Waals surface area (Å²) in [4.78, 5) is 36.0. The fourth-order valence-corrected chi connectivity index (χ4v) is 4.74. The number of hydrogen-bond acceptors (Lipinski definition) is 8. The highest BCUT2D eigenvalue weighted by atomic mass is 28.4. The SMILES string of the molecule is C=CCOC(=O)Nc1nn(CCCNC(=O)OC(C)(C)C)cc1-c1ccc(OCC(O[Si](C)(C)C(C)(C)C)C(=O)O)cc1F. The molecule has 0 aliphatic carbocycles. The van der Waals surface area contributed by atoms with E-state index in [-0.39, 0.29) is 40.9 Å². The Labute approximate surface area is 259 Å². The van der Waals surface area contributed by atoms with Crippen LogP contribution < -0.4 is 15.4 Å². The molecule has 3 N–H and O–H groups in total. The van der Waals surface area contributed by atoms with Crippen LogP contribution in [0.2, 0.25) is 18.1 Å². The van der Waals surface area contributed by atoms with E-state index < -0.39 is 44.0 Å². The molecule has 244 valence electrons. The zero-order valence-corrected chi connectivity index (χ0v) is 27.8. The van der Waals surface area contributed by atoms with Crippen molar-refractivity contribution in [2.45, 2.75) is 84.3 Å². The fraction of sp³-hybridized carbons (Fsp3) is 0.533. The van der Waals surface area contributed by atoms with Gasteiger partial charge in [0.25, 0.3) is 0 Å². The molecule has 0 bridgehead atoms. The molecule has 14 heteroatoms. The van der Waals surface area contributed by atoms with Crippen molar-refractivity contribution in [3.8, 4) is 16.9 Å². The Morgan fingerprint density at radius 2 is 1.82 bits per heavy atom. The summed E-state index contributed by atoms with van der Waals surface area (Å²) >= 11 is 0. The maximum Gasteiger partial charge on any atom is 0.413 e. The van der Waals surface area contributed by atoms with Gasteiger partial charge in [0.2, 0.25) is 0 Å². The molecule has 0 spiro atoms. The lowest BCUT2D eigenvalue weighted by molar-refractivity contribution is -0.147. The Hall–Kier alpha value is -3.91. The van der Waals surface area contributed by atoms with Crippen LogP contribution in [0.25, 0.3) is 11.1 Å². The van der Waals surface area contributed by atoms with Crippen LogP contribution >= 0.6 is 0 Å². The van der Waals surface area contributed by atoms with E-state index in [2.05, 4.69) is 22.3 Å². The van der Waals surface area contributed by atoms with Gasteiger partial charge in [-0.25, -0.2) is 18.8 Å². The van der Waals surface area contributed by atoms with Gasteiger partial charge in [0.05, 0.1) is 0 Å².